The van der Waals surface area contributed by atoms with Crippen molar-refractivity contribution in [2.24, 2.45) is 5.92 Å². The summed E-state index contributed by atoms with van der Waals surface area (Å²) in [5, 5.41) is 18.4. The third-order valence-electron chi connectivity index (χ3n) is 5.12. The van der Waals surface area contributed by atoms with E-state index in [1.165, 1.54) is 5.56 Å². The first-order valence-corrected chi connectivity index (χ1v) is 15.2. The molecule has 0 aliphatic carbocycles. The topological polar surface area (TPSA) is 54.3 Å². The first kappa shape index (κ1) is 28.6. The number of nitrogens with zero attached hydrogens (tertiary/aromatic N) is 3. The Kier molecular flexibility index (Phi) is 8.52. The van der Waals surface area contributed by atoms with E-state index < -0.39 is 16.1 Å². The minimum absolute atomic E-state index is 0.00478. The highest BCUT2D eigenvalue weighted by Gasteiger charge is 2.75. The molecule has 0 saturated carbocycles. The Morgan fingerprint density at radius 2 is 1.33 bits per heavy atom. The van der Waals surface area contributed by atoms with Crippen LogP contribution in [0.5, 0.6) is 0 Å². The number of benzene rings is 1. The fourth-order valence-corrected chi connectivity index (χ4v) is 14.9. The molecule has 1 heterocycles. The highest BCUT2D eigenvalue weighted by molar-refractivity contribution is 7.90. The molecule has 2 N–H and O–H groups in total. The first-order chi connectivity index (χ1) is 14.8. The molecule has 2 rings (SSSR count). The Bertz CT molecular complexity index is 800. The van der Waals surface area contributed by atoms with Gasteiger partial charge in [-0.05, 0) is 95.1 Å². The molecule has 1 aromatic rings. The summed E-state index contributed by atoms with van der Waals surface area (Å²) in [5.41, 5.74) is 1.08. The van der Waals surface area contributed by atoms with Gasteiger partial charge < -0.3 is 0 Å². The summed E-state index contributed by atoms with van der Waals surface area (Å²) in [6.07, 6.45) is 1.63. The molecular formula is C26H48N5P2+. The van der Waals surface area contributed by atoms with Crippen LogP contribution in [0.4, 0.5) is 0 Å². The first-order valence-electron chi connectivity index (χ1n) is 12.1. The lowest BCUT2D eigenvalue weighted by Crippen LogP contribution is -2.67. The van der Waals surface area contributed by atoms with Gasteiger partial charge >= 0.3 is 0 Å². The number of nitrogens with one attached hydrogen (secondary N) is 2. The largest absolute Gasteiger partial charge is 0.261 e. The number of rotatable bonds is 6. The van der Waals surface area contributed by atoms with Crippen molar-refractivity contribution in [3.05, 3.63) is 35.9 Å². The molecule has 0 bridgehead atoms. The van der Waals surface area contributed by atoms with E-state index in [-0.39, 0.29) is 28.1 Å². The fourth-order valence-electron chi connectivity index (χ4n) is 4.55. The lowest BCUT2D eigenvalue weighted by Gasteiger charge is -2.65. The molecule has 0 spiro atoms. The lowest BCUT2D eigenvalue weighted by molar-refractivity contribution is 0.246. The summed E-state index contributed by atoms with van der Waals surface area (Å²) in [6.45, 7) is 27.5. The average molecular weight is 493 g/mol. The zero-order valence-corrected chi connectivity index (χ0v) is 24.9. The minimum Gasteiger partial charge on any atom is -0.261 e. The highest BCUT2D eigenvalue weighted by atomic mass is 31.3. The molecule has 1 saturated heterocycles. The van der Waals surface area contributed by atoms with E-state index >= 15 is 0 Å². The average Bonchev–Trinajstić information content (AvgIpc) is 2.55. The van der Waals surface area contributed by atoms with E-state index in [9.17, 15) is 5.26 Å². The van der Waals surface area contributed by atoms with E-state index in [4.69, 9.17) is 0 Å². The monoisotopic (exact) mass is 492 g/mol. The van der Waals surface area contributed by atoms with Crippen molar-refractivity contribution >= 4 is 16.1 Å². The Hall–Kier alpha value is -0.590. The van der Waals surface area contributed by atoms with Gasteiger partial charge in [0.1, 0.15) is 6.16 Å². The van der Waals surface area contributed by atoms with Crippen LogP contribution in [0.15, 0.2) is 30.3 Å². The zero-order chi connectivity index (χ0) is 25.5. The van der Waals surface area contributed by atoms with Gasteiger partial charge in [-0.15, -0.1) is 0 Å². The van der Waals surface area contributed by atoms with Crippen LogP contribution in [0, 0.1) is 17.2 Å². The summed E-state index contributed by atoms with van der Waals surface area (Å²) >= 11 is 0. The second-order valence-electron chi connectivity index (χ2n) is 13.4. The second kappa shape index (κ2) is 9.81. The van der Waals surface area contributed by atoms with Gasteiger partial charge in [0.05, 0.1) is 23.1 Å². The third-order valence-corrected chi connectivity index (χ3v) is 15.1. The van der Waals surface area contributed by atoms with Gasteiger partial charge in [0.15, 0.2) is 8.37 Å². The third kappa shape index (κ3) is 7.20. The van der Waals surface area contributed by atoms with Crippen LogP contribution in [0.2, 0.25) is 0 Å². The zero-order valence-electron chi connectivity index (χ0n) is 23.1. The van der Waals surface area contributed by atoms with Gasteiger partial charge in [0, 0.05) is 11.1 Å². The van der Waals surface area contributed by atoms with Crippen LogP contribution in [0.25, 0.3) is 0 Å². The van der Waals surface area contributed by atoms with Gasteiger partial charge in [-0.3, -0.25) is 5.09 Å². The van der Waals surface area contributed by atoms with Crippen molar-refractivity contribution in [3.63, 3.8) is 0 Å². The molecular weight excluding hydrogens is 444 g/mol. The van der Waals surface area contributed by atoms with Gasteiger partial charge in [0.2, 0.25) is 7.71 Å². The van der Waals surface area contributed by atoms with Crippen molar-refractivity contribution in [2.75, 3.05) is 6.16 Å². The van der Waals surface area contributed by atoms with Crippen molar-refractivity contribution in [1.29, 1.82) is 5.26 Å². The Balaban J connectivity index is 2.61. The van der Waals surface area contributed by atoms with Gasteiger partial charge in [-0.25, -0.2) is 0 Å². The molecule has 0 aromatic heterocycles. The predicted octanol–water partition coefficient (Wildman–Crippen LogP) is 7.35. The number of hydrogen-bond acceptors (Lipinski definition) is 5. The standard InChI is InChI=1S/C26H48N5P2/c1-23(2,3)28-32-30(25(7,8)9)33(29-24(4,5)6,31(32)26(10,11)12)20-22(19-27)18-21-16-14-13-15-17-21/h13-17,22,28-29H,18,20H2,1-12H3/q+1. The second-order valence-corrected chi connectivity index (χ2v) is 18.4. The van der Waals surface area contributed by atoms with Gasteiger partial charge in [0.25, 0.3) is 0 Å². The van der Waals surface area contributed by atoms with Gasteiger partial charge in [-0.1, -0.05) is 39.2 Å². The molecule has 7 heteroatoms. The van der Waals surface area contributed by atoms with Crippen LogP contribution in [0.1, 0.15) is 88.6 Å². The molecule has 33 heavy (non-hydrogen) atoms. The minimum atomic E-state index is -2.05. The Morgan fingerprint density at radius 1 is 0.848 bits per heavy atom. The summed E-state index contributed by atoms with van der Waals surface area (Å²) in [6, 6.07) is 13.2. The molecule has 1 aromatic carbocycles. The van der Waals surface area contributed by atoms with Crippen molar-refractivity contribution in [2.45, 2.75) is 112 Å². The van der Waals surface area contributed by atoms with Gasteiger partial charge in [-0.2, -0.15) is 10.3 Å². The van der Waals surface area contributed by atoms with Crippen molar-refractivity contribution in [3.8, 4) is 6.07 Å². The molecule has 1 atom stereocenters. The predicted molar refractivity (Wildman–Crippen MR) is 147 cm³/mol. The molecule has 1 aliphatic heterocycles. The van der Waals surface area contributed by atoms with Crippen LogP contribution in [0.3, 0.4) is 0 Å². The molecule has 1 aliphatic rings. The van der Waals surface area contributed by atoms with E-state index in [2.05, 4.69) is 132 Å². The quantitative estimate of drug-likeness (QED) is 0.407. The maximum atomic E-state index is 10.3. The summed E-state index contributed by atoms with van der Waals surface area (Å²) in [5.74, 6) is -0.0583. The smallest absolute Gasteiger partial charge is 0.239 e. The van der Waals surface area contributed by atoms with E-state index in [0.29, 0.717) is 0 Å². The normalized spacial score (nSPS) is 24.3. The maximum Gasteiger partial charge on any atom is 0.239 e. The molecule has 5 nitrogen and oxygen atoms in total. The number of nitriles is 1. The Labute approximate surface area is 206 Å². The molecule has 1 unspecified atom stereocenters. The van der Waals surface area contributed by atoms with Crippen molar-refractivity contribution < 1.29 is 0 Å². The van der Waals surface area contributed by atoms with Crippen LogP contribution in [-0.4, -0.2) is 37.2 Å². The summed E-state index contributed by atoms with van der Waals surface area (Å²) in [4.78, 5) is 0. The number of hydrogen-bond donors (Lipinski definition) is 2. The van der Waals surface area contributed by atoms with Crippen molar-refractivity contribution in [1.82, 2.24) is 19.1 Å². The summed E-state index contributed by atoms with van der Waals surface area (Å²) < 4.78 is 5.48. The lowest BCUT2D eigenvalue weighted by atomic mass is 10.0. The van der Waals surface area contributed by atoms with Crippen LogP contribution < -0.4 is 10.2 Å². The molecule has 186 valence electrons. The maximum absolute atomic E-state index is 10.3. The summed E-state index contributed by atoms with van der Waals surface area (Å²) in [7, 11) is -2.78. The van der Waals surface area contributed by atoms with E-state index in [1.807, 2.05) is 6.07 Å². The van der Waals surface area contributed by atoms with Crippen LogP contribution in [-0.2, 0) is 6.42 Å². The van der Waals surface area contributed by atoms with E-state index in [1.54, 1.807) is 0 Å². The molecule has 1 fully saturated rings. The Morgan fingerprint density at radius 3 is 1.70 bits per heavy atom. The molecule has 0 radical (unpaired) electrons. The van der Waals surface area contributed by atoms with E-state index in [0.717, 1.165) is 12.6 Å². The highest BCUT2D eigenvalue weighted by Crippen LogP contribution is 2.89. The fraction of sp³-hybridized carbons (Fsp3) is 0.731. The molecule has 0 amide bonds. The van der Waals surface area contributed by atoms with Crippen LogP contribution >= 0.6 is 16.1 Å². The SMILES string of the molecule is CC(C)(C)NP1N(C(C)(C)C)[P+](CC(C#N)Cc2ccccc2)(NC(C)(C)C)N1C(C)(C)C.